The maximum Gasteiger partial charge on any atom is 0.338 e. The molecule has 0 radical (unpaired) electrons. The SMILES string of the molecule is COC(=O)c1ccc(SCC(=O)NC2CCCCCC2)c([N+](=O)[O-])c1. The van der Waals surface area contributed by atoms with Crippen molar-refractivity contribution < 1.29 is 19.2 Å². The summed E-state index contributed by atoms with van der Waals surface area (Å²) in [6.07, 6.45) is 6.64. The fraction of sp³-hybridized carbons (Fsp3) is 0.529. The lowest BCUT2D eigenvalue weighted by Crippen LogP contribution is -2.35. The zero-order valence-corrected chi connectivity index (χ0v) is 15.0. The van der Waals surface area contributed by atoms with Crippen LogP contribution in [0.15, 0.2) is 23.1 Å². The standard InChI is InChI=1S/C17H22N2O5S/c1-24-17(21)12-8-9-15(14(10-12)19(22)23)25-11-16(20)18-13-6-4-2-3-5-7-13/h8-10,13H,2-7,11H2,1H3,(H,18,20). The van der Waals surface area contributed by atoms with Gasteiger partial charge in [-0.25, -0.2) is 4.79 Å². The van der Waals surface area contributed by atoms with Crippen molar-refractivity contribution in [1.82, 2.24) is 5.32 Å². The first-order chi connectivity index (χ1) is 12.0. The van der Waals surface area contributed by atoms with Crippen molar-refractivity contribution in [1.29, 1.82) is 0 Å². The van der Waals surface area contributed by atoms with Crippen LogP contribution in [0.4, 0.5) is 5.69 Å². The number of carbonyl (C=O) groups excluding carboxylic acids is 2. The normalized spacial score (nSPS) is 15.2. The fourth-order valence-corrected chi connectivity index (χ4v) is 3.68. The van der Waals surface area contributed by atoms with E-state index in [-0.39, 0.29) is 29.0 Å². The molecule has 1 aromatic rings. The van der Waals surface area contributed by atoms with Crippen LogP contribution in [0.3, 0.4) is 0 Å². The first kappa shape index (κ1) is 19.2. The highest BCUT2D eigenvalue weighted by Gasteiger charge is 2.20. The van der Waals surface area contributed by atoms with Crippen molar-refractivity contribution in [3.05, 3.63) is 33.9 Å². The number of methoxy groups -OCH3 is 1. The van der Waals surface area contributed by atoms with Crippen LogP contribution in [0.5, 0.6) is 0 Å². The first-order valence-electron chi connectivity index (χ1n) is 8.30. The molecule has 1 aromatic carbocycles. The number of nitro benzene ring substituents is 1. The van der Waals surface area contributed by atoms with E-state index in [1.165, 1.54) is 38.2 Å². The van der Waals surface area contributed by atoms with E-state index in [0.717, 1.165) is 37.4 Å². The Kier molecular flexibility index (Phi) is 7.24. The summed E-state index contributed by atoms with van der Waals surface area (Å²) < 4.78 is 4.57. The van der Waals surface area contributed by atoms with Crippen molar-refractivity contribution in [2.75, 3.05) is 12.9 Å². The molecule has 0 unspecified atom stereocenters. The number of nitrogens with one attached hydrogen (secondary N) is 1. The topological polar surface area (TPSA) is 98.5 Å². The van der Waals surface area contributed by atoms with E-state index in [2.05, 4.69) is 10.1 Å². The van der Waals surface area contributed by atoms with Crippen molar-refractivity contribution in [3.63, 3.8) is 0 Å². The highest BCUT2D eigenvalue weighted by molar-refractivity contribution is 8.00. The van der Waals surface area contributed by atoms with Crippen LogP contribution >= 0.6 is 11.8 Å². The molecule has 7 nitrogen and oxygen atoms in total. The van der Waals surface area contributed by atoms with Gasteiger partial charge >= 0.3 is 5.97 Å². The van der Waals surface area contributed by atoms with Gasteiger partial charge in [0.1, 0.15) is 0 Å². The Labute approximate surface area is 150 Å². The molecule has 0 saturated heterocycles. The smallest absolute Gasteiger partial charge is 0.338 e. The predicted molar refractivity (Wildman–Crippen MR) is 94.8 cm³/mol. The Morgan fingerprint density at radius 1 is 1.28 bits per heavy atom. The maximum atomic E-state index is 12.1. The number of thioether (sulfide) groups is 1. The molecule has 1 fully saturated rings. The summed E-state index contributed by atoms with van der Waals surface area (Å²) in [6.45, 7) is 0. The minimum atomic E-state index is -0.634. The third-order valence-corrected chi connectivity index (χ3v) is 5.22. The highest BCUT2D eigenvalue weighted by atomic mass is 32.2. The highest BCUT2D eigenvalue weighted by Crippen LogP contribution is 2.30. The van der Waals surface area contributed by atoms with Crippen LogP contribution < -0.4 is 5.32 Å². The van der Waals surface area contributed by atoms with Gasteiger partial charge < -0.3 is 10.1 Å². The Balaban J connectivity index is 1.98. The van der Waals surface area contributed by atoms with Gasteiger partial charge in [-0.2, -0.15) is 0 Å². The van der Waals surface area contributed by atoms with Gasteiger partial charge in [0.2, 0.25) is 5.91 Å². The number of rotatable bonds is 6. The molecule has 1 aliphatic rings. The van der Waals surface area contributed by atoms with Crippen LogP contribution in [0.2, 0.25) is 0 Å². The lowest BCUT2D eigenvalue weighted by Gasteiger charge is -2.16. The molecule has 1 saturated carbocycles. The zero-order chi connectivity index (χ0) is 18.2. The Bertz CT molecular complexity index is 642. The molecule has 0 bridgehead atoms. The van der Waals surface area contributed by atoms with E-state index in [9.17, 15) is 19.7 Å². The Hall–Kier alpha value is -2.09. The number of carbonyl (C=O) groups is 2. The Morgan fingerprint density at radius 3 is 2.56 bits per heavy atom. The van der Waals surface area contributed by atoms with E-state index in [4.69, 9.17) is 0 Å². The molecule has 0 aromatic heterocycles. The van der Waals surface area contributed by atoms with E-state index in [0.29, 0.717) is 4.90 Å². The molecule has 2 rings (SSSR count). The summed E-state index contributed by atoms with van der Waals surface area (Å²) in [5.74, 6) is -0.649. The van der Waals surface area contributed by atoms with Crippen LogP contribution in [0.25, 0.3) is 0 Å². The number of nitrogens with zero attached hydrogens (tertiary/aromatic N) is 1. The summed E-state index contributed by atoms with van der Waals surface area (Å²) in [6, 6.07) is 4.32. The average Bonchev–Trinajstić information content (AvgIpc) is 2.87. The molecule has 136 valence electrons. The third-order valence-electron chi connectivity index (χ3n) is 4.16. The van der Waals surface area contributed by atoms with Gasteiger partial charge in [-0.15, -0.1) is 11.8 Å². The summed E-state index contributed by atoms with van der Waals surface area (Å²) in [5, 5.41) is 14.2. The lowest BCUT2D eigenvalue weighted by molar-refractivity contribution is -0.387. The number of amides is 1. The summed E-state index contributed by atoms with van der Waals surface area (Å²) in [5.41, 5.74) is -0.0865. The molecule has 1 N–H and O–H groups in total. The van der Waals surface area contributed by atoms with Gasteiger partial charge in [-0.1, -0.05) is 25.7 Å². The average molecular weight is 366 g/mol. The monoisotopic (exact) mass is 366 g/mol. The van der Waals surface area contributed by atoms with Gasteiger partial charge in [0.05, 0.1) is 28.2 Å². The number of hydrogen-bond donors (Lipinski definition) is 1. The largest absolute Gasteiger partial charge is 0.465 e. The van der Waals surface area contributed by atoms with Crippen LogP contribution in [0.1, 0.15) is 48.9 Å². The molecular weight excluding hydrogens is 344 g/mol. The molecule has 0 aliphatic heterocycles. The van der Waals surface area contributed by atoms with Gasteiger partial charge in [0, 0.05) is 12.1 Å². The molecule has 0 spiro atoms. The maximum absolute atomic E-state index is 12.1. The molecule has 0 heterocycles. The number of benzene rings is 1. The molecule has 1 amide bonds. The second-order valence-corrected chi connectivity index (χ2v) is 6.99. The molecule has 25 heavy (non-hydrogen) atoms. The second-order valence-electron chi connectivity index (χ2n) is 5.98. The van der Waals surface area contributed by atoms with Crippen LogP contribution in [-0.2, 0) is 9.53 Å². The van der Waals surface area contributed by atoms with E-state index in [1.807, 2.05) is 0 Å². The minimum Gasteiger partial charge on any atom is -0.465 e. The van der Waals surface area contributed by atoms with Crippen molar-refractivity contribution in [2.45, 2.75) is 49.5 Å². The van der Waals surface area contributed by atoms with E-state index < -0.39 is 10.9 Å². The van der Waals surface area contributed by atoms with E-state index in [1.54, 1.807) is 0 Å². The second kappa shape index (κ2) is 9.41. The van der Waals surface area contributed by atoms with E-state index >= 15 is 0 Å². The third kappa shape index (κ3) is 5.74. The minimum absolute atomic E-state index is 0.106. The predicted octanol–water partition coefficient (Wildman–Crippen LogP) is 3.31. The van der Waals surface area contributed by atoms with Gasteiger partial charge in [0.25, 0.3) is 5.69 Å². The number of hydrogen-bond acceptors (Lipinski definition) is 6. The first-order valence-corrected chi connectivity index (χ1v) is 9.28. The fourth-order valence-electron chi connectivity index (χ4n) is 2.86. The zero-order valence-electron chi connectivity index (χ0n) is 14.2. The molecule has 8 heteroatoms. The Morgan fingerprint density at radius 2 is 1.96 bits per heavy atom. The van der Waals surface area contributed by atoms with Gasteiger partial charge in [-0.3, -0.25) is 14.9 Å². The van der Waals surface area contributed by atoms with Crippen molar-refractivity contribution >= 4 is 29.3 Å². The lowest BCUT2D eigenvalue weighted by atomic mass is 10.1. The number of nitro groups is 1. The van der Waals surface area contributed by atoms with Crippen molar-refractivity contribution in [3.8, 4) is 0 Å². The van der Waals surface area contributed by atoms with Gasteiger partial charge in [-0.05, 0) is 25.0 Å². The van der Waals surface area contributed by atoms with Crippen LogP contribution in [0, 0.1) is 10.1 Å². The van der Waals surface area contributed by atoms with Crippen molar-refractivity contribution in [2.24, 2.45) is 0 Å². The summed E-state index contributed by atoms with van der Waals surface area (Å²) >= 11 is 1.10. The van der Waals surface area contributed by atoms with Crippen LogP contribution in [-0.4, -0.2) is 35.7 Å². The number of ether oxygens (including phenoxy) is 1. The molecule has 1 aliphatic carbocycles. The van der Waals surface area contributed by atoms with Gasteiger partial charge in [0.15, 0.2) is 0 Å². The quantitative estimate of drug-likeness (QED) is 0.273. The summed E-state index contributed by atoms with van der Waals surface area (Å²) in [4.78, 5) is 34.6. The summed E-state index contributed by atoms with van der Waals surface area (Å²) in [7, 11) is 1.22. The number of esters is 1. The molecular formula is C17H22N2O5S. The molecule has 0 atom stereocenters.